The lowest BCUT2D eigenvalue weighted by molar-refractivity contribution is 0.243. The van der Waals surface area contributed by atoms with Crippen molar-refractivity contribution in [3.63, 3.8) is 0 Å². The highest BCUT2D eigenvalue weighted by Crippen LogP contribution is 2.28. The number of rotatable bonds is 2. The van der Waals surface area contributed by atoms with Crippen molar-refractivity contribution in [1.82, 2.24) is 4.90 Å². The number of hydrogen-bond acceptors (Lipinski definition) is 2. The normalized spacial score (nSPS) is 25.4. The van der Waals surface area contributed by atoms with Crippen molar-refractivity contribution in [2.45, 2.75) is 19.3 Å². The summed E-state index contributed by atoms with van der Waals surface area (Å²) in [4.78, 5) is 2.43. The number of nitrogens with zero attached hydrogens (tertiary/aromatic N) is 1. The van der Waals surface area contributed by atoms with E-state index in [1.165, 1.54) is 31.7 Å². The van der Waals surface area contributed by atoms with E-state index >= 15 is 0 Å². The molecule has 2 heteroatoms. The van der Waals surface area contributed by atoms with Crippen LogP contribution in [-0.4, -0.2) is 17.3 Å². The van der Waals surface area contributed by atoms with Gasteiger partial charge in [0.2, 0.25) is 0 Å². The van der Waals surface area contributed by atoms with Gasteiger partial charge in [0.15, 0.2) is 0 Å². The van der Waals surface area contributed by atoms with Crippen LogP contribution in [0.2, 0.25) is 0 Å². The van der Waals surface area contributed by atoms with Crippen molar-refractivity contribution in [3.8, 4) is 0 Å². The fourth-order valence-corrected chi connectivity index (χ4v) is 2.16. The molecule has 1 nitrogen and oxygen atoms in total. The molecule has 0 spiro atoms. The second-order valence-electron chi connectivity index (χ2n) is 3.15. The zero-order valence-electron chi connectivity index (χ0n) is 6.12. The molecule has 0 bridgehead atoms. The van der Waals surface area contributed by atoms with E-state index in [2.05, 4.69) is 16.5 Å². The van der Waals surface area contributed by atoms with Gasteiger partial charge >= 0.3 is 0 Å². The summed E-state index contributed by atoms with van der Waals surface area (Å²) in [6.45, 7) is 1.31. The van der Waals surface area contributed by atoms with Gasteiger partial charge in [-0.25, -0.2) is 0 Å². The van der Waals surface area contributed by atoms with Gasteiger partial charge in [0.1, 0.15) is 0 Å². The molecule has 10 heavy (non-hydrogen) atoms. The fraction of sp³-hybridized carbons (Fsp3) is 0.750. The molecular formula is C8H13NS. The maximum atomic E-state index is 2.43. The molecule has 0 aromatic rings. The van der Waals surface area contributed by atoms with E-state index in [1.807, 2.05) is 11.8 Å². The van der Waals surface area contributed by atoms with E-state index in [4.69, 9.17) is 0 Å². The average molecular weight is 155 g/mol. The van der Waals surface area contributed by atoms with Gasteiger partial charge in [-0.05, 0) is 24.2 Å². The highest BCUT2D eigenvalue weighted by atomic mass is 32.2. The molecule has 2 aliphatic rings. The molecule has 0 amide bonds. The smallest absolute Gasteiger partial charge is 0.0675 e. The maximum absolute atomic E-state index is 2.43. The van der Waals surface area contributed by atoms with Crippen LogP contribution in [0.3, 0.4) is 0 Å². The lowest BCUT2D eigenvalue weighted by Gasteiger charge is -2.29. The van der Waals surface area contributed by atoms with Crippen LogP contribution < -0.4 is 0 Å². The minimum atomic E-state index is 1.02. The van der Waals surface area contributed by atoms with Crippen molar-refractivity contribution < 1.29 is 0 Å². The zero-order chi connectivity index (χ0) is 6.81. The third kappa shape index (κ3) is 1.31. The number of hydrogen-bond donors (Lipinski definition) is 0. The van der Waals surface area contributed by atoms with Crippen LogP contribution in [0, 0.1) is 5.92 Å². The van der Waals surface area contributed by atoms with Gasteiger partial charge in [-0.2, -0.15) is 0 Å². The van der Waals surface area contributed by atoms with Crippen LogP contribution in [0.5, 0.6) is 0 Å². The molecule has 0 unspecified atom stereocenters. The van der Waals surface area contributed by atoms with Crippen LogP contribution >= 0.6 is 11.8 Å². The van der Waals surface area contributed by atoms with Gasteiger partial charge in [0, 0.05) is 12.7 Å². The van der Waals surface area contributed by atoms with Gasteiger partial charge in [-0.1, -0.05) is 6.42 Å². The first-order valence-corrected chi connectivity index (χ1v) is 5.02. The van der Waals surface area contributed by atoms with E-state index in [0.29, 0.717) is 0 Å². The number of thioether (sulfide) groups is 1. The van der Waals surface area contributed by atoms with E-state index in [9.17, 15) is 0 Å². The van der Waals surface area contributed by atoms with Crippen molar-refractivity contribution in [1.29, 1.82) is 0 Å². The molecule has 0 radical (unpaired) electrons. The van der Waals surface area contributed by atoms with Crippen LogP contribution in [-0.2, 0) is 0 Å². The average Bonchev–Trinajstić information content (AvgIpc) is 2.29. The molecule has 1 fully saturated rings. The van der Waals surface area contributed by atoms with Crippen LogP contribution in [0.1, 0.15) is 19.3 Å². The Morgan fingerprint density at radius 2 is 2.40 bits per heavy atom. The Balaban J connectivity index is 1.73. The molecule has 56 valence electrons. The van der Waals surface area contributed by atoms with E-state index in [1.54, 1.807) is 0 Å². The Morgan fingerprint density at radius 1 is 1.50 bits per heavy atom. The lowest BCUT2D eigenvalue weighted by Crippen LogP contribution is -2.26. The highest BCUT2D eigenvalue weighted by Gasteiger charge is 2.19. The molecule has 2 rings (SSSR count). The predicted molar refractivity (Wildman–Crippen MR) is 45.6 cm³/mol. The van der Waals surface area contributed by atoms with Gasteiger partial charge < -0.3 is 4.90 Å². The minimum Gasteiger partial charge on any atom is -0.367 e. The molecule has 0 aromatic heterocycles. The highest BCUT2D eigenvalue weighted by molar-refractivity contribution is 8.02. The van der Waals surface area contributed by atoms with E-state index in [-0.39, 0.29) is 0 Å². The Hall–Kier alpha value is -0.110. The Labute approximate surface area is 66.5 Å². The third-order valence-corrected chi connectivity index (χ3v) is 3.12. The fourth-order valence-electron chi connectivity index (χ4n) is 1.43. The summed E-state index contributed by atoms with van der Waals surface area (Å²) >= 11 is 1.90. The van der Waals surface area contributed by atoms with Gasteiger partial charge in [0.05, 0.1) is 5.88 Å². The molecule has 0 saturated heterocycles. The largest absolute Gasteiger partial charge is 0.367 e. The SMILES string of the molecule is C1=CN(CC2CCC2)CS1. The minimum absolute atomic E-state index is 1.02. The molecule has 0 aromatic carbocycles. The lowest BCUT2D eigenvalue weighted by atomic mass is 9.85. The monoisotopic (exact) mass is 155 g/mol. The summed E-state index contributed by atoms with van der Waals surface area (Å²) in [6, 6.07) is 0. The Morgan fingerprint density at radius 3 is 2.90 bits per heavy atom. The van der Waals surface area contributed by atoms with Crippen molar-refractivity contribution in [2.75, 3.05) is 12.4 Å². The molecule has 1 heterocycles. The predicted octanol–water partition coefficient (Wildman–Crippen LogP) is 2.26. The van der Waals surface area contributed by atoms with E-state index < -0.39 is 0 Å². The standard InChI is InChI=1S/C8H13NS/c1-2-8(3-1)6-9-4-5-10-7-9/h4-5,8H,1-3,6-7H2. The van der Waals surface area contributed by atoms with Crippen LogP contribution in [0.4, 0.5) is 0 Å². The van der Waals surface area contributed by atoms with Crippen LogP contribution in [0.15, 0.2) is 11.6 Å². The zero-order valence-corrected chi connectivity index (χ0v) is 6.94. The topological polar surface area (TPSA) is 3.24 Å². The van der Waals surface area contributed by atoms with Gasteiger partial charge in [-0.15, -0.1) is 11.8 Å². The Bertz CT molecular complexity index is 140. The molecular weight excluding hydrogens is 142 g/mol. The summed E-state index contributed by atoms with van der Waals surface area (Å²) in [6.07, 6.45) is 6.63. The van der Waals surface area contributed by atoms with E-state index in [0.717, 1.165) is 5.92 Å². The summed E-state index contributed by atoms with van der Waals surface area (Å²) in [5.74, 6) is 2.21. The molecule has 1 aliphatic heterocycles. The van der Waals surface area contributed by atoms with Crippen molar-refractivity contribution in [3.05, 3.63) is 11.6 Å². The van der Waals surface area contributed by atoms with Crippen molar-refractivity contribution in [2.24, 2.45) is 5.92 Å². The molecule has 0 atom stereocenters. The van der Waals surface area contributed by atoms with Gasteiger partial charge in [0.25, 0.3) is 0 Å². The third-order valence-electron chi connectivity index (χ3n) is 2.33. The first-order valence-electron chi connectivity index (χ1n) is 3.97. The van der Waals surface area contributed by atoms with Crippen LogP contribution in [0.25, 0.3) is 0 Å². The molecule has 1 saturated carbocycles. The second kappa shape index (κ2) is 2.87. The summed E-state index contributed by atoms with van der Waals surface area (Å²) in [5.41, 5.74) is 0. The van der Waals surface area contributed by atoms with Gasteiger partial charge in [-0.3, -0.25) is 0 Å². The summed E-state index contributed by atoms with van der Waals surface area (Å²) in [5, 5.41) is 2.19. The Kier molecular flexibility index (Phi) is 1.89. The summed E-state index contributed by atoms with van der Waals surface area (Å²) < 4.78 is 0. The molecule has 0 N–H and O–H groups in total. The molecule has 1 aliphatic carbocycles. The summed E-state index contributed by atoms with van der Waals surface area (Å²) in [7, 11) is 0. The quantitative estimate of drug-likeness (QED) is 0.602. The second-order valence-corrected chi connectivity index (χ2v) is 4.01. The first kappa shape index (κ1) is 6.59. The van der Waals surface area contributed by atoms with Crippen molar-refractivity contribution >= 4 is 11.8 Å². The maximum Gasteiger partial charge on any atom is 0.0675 e. The first-order chi connectivity index (χ1) is 4.95.